The third-order valence-corrected chi connectivity index (χ3v) is 4.98. The Balaban J connectivity index is 1.69. The van der Waals surface area contributed by atoms with Crippen molar-refractivity contribution in [2.75, 3.05) is 6.54 Å². The van der Waals surface area contributed by atoms with Crippen LogP contribution in [0, 0.1) is 6.92 Å². The van der Waals surface area contributed by atoms with Gasteiger partial charge < -0.3 is 4.90 Å². The molecule has 0 saturated carbocycles. The van der Waals surface area contributed by atoms with Crippen LogP contribution in [0.5, 0.6) is 0 Å². The molecule has 1 aliphatic rings. The summed E-state index contributed by atoms with van der Waals surface area (Å²) in [6.07, 6.45) is 3.69. The van der Waals surface area contributed by atoms with E-state index in [1.807, 2.05) is 29.3 Å². The number of thiophene rings is 1. The lowest BCUT2D eigenvalue weighted by molar-refractivity contribution is 0.0725. The predicted molar refractivity (Wildman–Crippen MR) is 82.8 cm³/mol. The normalized spacial score (nSPS) is 18.2. The van der Waals surface area contributed by atoms with Crippen LogP contribution < -0.4 is 0 Å². The highest BCUT2D eigenvalue weighted by Gasteiger charge is 2.33. The number of aryl methyl sites for hydroxylation is 1. The highest BCUT2D eigenvalue weighted by Crippen LogP contribution is 2.35. The van der Waals surface area contributed by atoms with Gasteiger partial charge in [-0.15, -0.1) is 16.4 Å². The monoisotopic (exact) mass is 313 g/mol. The molecule has 4 heterocycles. The van der Waals surface area contributed by atoms with E-state index >= 15 is 0 Å². The quantitative estimate of drug-likeness (QED) is 0.729. The van der Waals surface area contributed by atoms with Crippen LogP contribution in [0.25, 0.3) is 5.78 Å². The molecule has 0 spiro atoms. The molecule has 6 nitrogen and oxygen atoms in total. The molecule has 3 aromatic heterocycles. The summed E-state index contributed by atoms with van der Waals surface area (Å²) in [5.41, 5.74) is 0.910. The number of fused-ring (bicyclic) bond motifs is 1. The molecule has 0 radical (unpaired) electrons. The Hall–Kier alpha value is -2.28. The van der Waals surface area contributed by atoms with Crippen molar-refractivity contribution < 1.29 is 4.79 Å². The molecule has 112 valence electrons. The van der Waals surface area contributed by atoms with Gasteiger partial charge in [0.1, 0.15) is 0 Å². The van der Waals surface area contributed by atoms with E-state index in [2.05, 4.69) is 21.1 Å². The Bertz CT molecular complexity index is 826. The molecule has 1 atom stereocenters. The molecule has 0 aliphatic carbocycles. The minimum absolute atomic E-state index is 0.110. The third-order valence-electron chi connectivity index (χ3n) is 4.01. The van der Waals surface area contributed by atoms with Crippen LogP contribution in [0.4, 0.5) is 0 Å². The van der Waals surface area contributed by atoms with Crippen molar-refractivity contribution in [3.05, 3.63) is 46.2 Å². The van der Waals surface area contributed by atoms with Crippen LogP contribution in [-0.2, 0) is 0 Å². The van der Waals surface area contributed by atoms with Gasteiger partial charge in [0.25, 0.3) is 11.7 Å². The van der Waals surface area contributed by atoms with Crippen LogP contribution in [0.1, 0.15) is 40.1 Å². The highest BCUT2D eigenvalue weighted by molar-refractivity contribution is 7.10. The fourth-order valence-electron chi connectivity index (χ4n) is 2.91. The number of carbonyl (C=O) groups is 1. The van der Waals surface area contributed by atoms with E-state index in [1.54, 1.807) is 22.0 Å². The second-order valence-electron chi connectivity index (χ2n) is 5.41. The van der Waals surface area contributed by atoms with E-state index in [0.717, 1.165) is 25.1 Å². The molecule has 0 bridgehead atoms. The van der Waals surface area contributed by atoms with Crippen molar-refractivity contribution in [1.29, 1.82) is 0 Å². The lowest BCUT2D eigenvalue weighted by Gasteiger charge is -2.22. The molecule has 0 unspecified atom stereocenters. The first kappa shape index (κ1) is 13.4. The molecule has 7 heteroatoms. The largest absolute Gasteiger partial charge is 0.328 e. The summed E-state index contributed by atoms with van der Waals surface area (Å²) in [6.45, 7) is 2.67. The van der Waals surface area contributed by atoms with Crippen molar-refractivity contribution >= 4 is 23.0 Å². The number of amides is 1. The lowest BCUT2D eigenvalue weighted by Crippen LogP contribution is -2.31. The van der Waals surface area contributed by atoms with E-state index in [1.165, 1.54) is 4.88 Å². The Kier molecular flexibility index (Phi) is 3.15. The van der Waals surface area contributed by atoms with E-state index in [-0.39, 0.29) is 17.8 Å². The topological polar surface area (TPSA) is 63.4 Å². The molecule has 22 heavy (non-hydrogen) atoms. The second kappa shape index (κ2) is 5.17. The molecule has 1 saturated heterocycles. The second-order valence-corrected chi connectivity index (χ2v) is 6.38. The Morgan fingerprint density at radius 1 is 1.41 bits per heavy atom. The summed E-state index contributed by atoms with van der Waals surface area (Å²) in [6, 6.07) is 6.11. The maximum Gasteiger partial charge on any atom is 0.294 e. The first-order chi connectivity index (χ1) is 10.7. The molecule has 3 aromatic rings. The number of likely N-dealkylation sites (tertiary alicyclic amines) is 1. The maximum absolute atomic E-state index is 12.8. The summed E-state index contributed by atoms with van der Waals surface area (Å²) in [4.78, 5) is 24.4. The standard InChI is InChI=1S/C15H15N5OS/c1-10-6-7-16-15-17-13(18-20(10)15)14(21)19-8-2-4-11(19)12-5-3-9-22-12/h3,5-7,9,11H,2,4,8H2,1H3/t11-/m1/s1. The minimum Gasteiger partial charge on any atom is -0.328 e. The van der Waals surface area contributed by atoms with Crippen LogP contribution in [0.15, 0.2) is 29.8 Å². The van der Waals surface area contributed by atoms with Gasteiger partial charge in [-0.25, -0.2) is 9.50 Å². The Morgan fingerprint density at radius 3 is 3.09 bits per heavy atom. The minimum atomic E-state index is -0.110. The number of rotatable bonds is 2. The first-order valence-corrected chi connectivity index (χ1v) is 8.15. The maximum atomic E-state index is 12.8. The first-order valence-electron chi connectivity index (χ1n) is 7.27. The van der Waals surface area contributed by atoms with E-state index < -0.39 is 0 Å². The number of hydrogen-bond donors (Lipinski definition) is 0. The van der Waals surface area contributed by atoms with E-state index in [0.29, 0.717) is 5.78 Å². The van der Waals surface area contributed by atoms with Crippen molar-refractivity contribution in [2.45, 2.75) is 25.8 Å². The van der Waals surface area contributed by atoms with Gasteiger partial charge in [0.15, 0.2) is 0 Å². The molecule has 4 rings (SSSR count). The number of aromatic nitrogens is 4. The lowest BCUT2D eigenvalue weighted by atomic mass is 10.2. The third kappa shape index (κ3) is 2.09. The zero-order valence-electron chi connectivity index (χ0n) is 12.1. The summed E-state index contributed by atoms with van der Waals surface area (Å²) in [7, 11) is 0. The zero-order chi connectivity index (χ0) is 15.1. The fraction of sp³-hybridized carbons (Fsp3) is 0.333. The van der Waals surface area contributed by atoms with Crippen molar-refractivity contribution in [1.82, 2.24) is 24.5 Å². The van der Waals surface area contributed by atoms with E-state index in [4.69, 9.17) is 0 Å². The van der Waals surface area contributed by atoms with Crippen molar-refractivity contribution in [3.8, 4) is 0 Å². The highest BCUT2D eigenvalue weighted by atomic mass is 32.1. The summed E-state index contributed by atoms with van der Waals surface area (Å²) in [5, 5.41) is 6.38. The molecule has 1 fully saturated rings. The smallest absolute Gasteiger partial charge is 0.294 e. The molecule has 1 amide bonds. The predicted octanol–water partition coefficient (Wildman–Crippen LogP) is 2.47. The van der Waals surface area contributed by atoms with Gasteiger partial charge >= 0.3 is 0 Å². The molecule has 1 aliphatic heterocycles. The van der Waals surface area contributed by atoms with Gasteiger partial charge in [0, 0.05) is 23.3 Å². The van der Waals surface area contributed by atoms with Crippen LogP contribution >= 0.6 is 11.3 Å². The average molecular weight is 313 g/mol. The number of carbonyl (C=O) groups excluding carboxylic acids is 1. The van der Waals surface area contributed by atoms with E-state index in [9.17, 15) is 4.79 Å². The summed E-state index contributed by atoms with van der Waals surface area (Å²) >= 11 is 1.69. The molecule has 0 N–H and O–H groups in total. The zero-order valence-corrected chi connectivity index (χ0v) is 13.0. The molecular weight excluding hydrogens is 298 g/mol. The van der Waals surface area contributed by atoms with Crippen LogP contribution in [0.3, 0.4) is 0 Å². The van der Waals surface area contributed by atoms with Crippen LogP contribution in [-0.4, -0.2) is 36.9 Å². The number of nitrogens with zero attached hydrogens (tertiary/aromatic N) is 5. The molecular formula is C15H15N5OS. The van der Waals surface area contributed by atoms with Crippen LogP contribution in [0.2, 0.25) is 0 Å². The summed E-state index contributed by atoms with van der Waals surface area (Å²) < 4.78 is 1.61. The SMILES string of the molecule is Cc1ccnc2nc(C(=O)N3CCC[C@@H]3c3cccs3)nn12. The van der Waals surface area contributed by atoms with Gasteiger partial charge in [-0.05, 0) is 37.3 Å². The average Bonchev–Trinajstić information content (AvgIpc) is 3.25. The van der Waals surface area contributed by atoms with Crippen molar-refractivity contribution in [3.63, 3.8) is 0 Å². The molecule has 0 aromatic carbocycles. The Morgan fingerprint density at radius 2 is 2.32 bits per heavy atom. The van der Waals surface area contributed by atoms with Gasteiger partial charge in [0.05, 0.1) is 6.04 Å². The summed E-state index contributed by atoms with van der Waals surface area (Å²) in [5.74, 6) is 0.585. The van der Waals surface area contributed by atoms with Gasteiger partial charge in [-0.1, -0.05) is 6.07 Å². The fourth-order valence-corrected chi connectivity index (χ4v) is 3.79. The van der Waals surface area contributed by atoms with Crippen molar-refractivity contribution in [2.24, 2.45) is 0 Å². The Labute approximate surface area is 131 Å². The van der Waals surface area contributed by atoms with Gasteiger partial charge in [-0.2, -0.15) is 4.98 Å². The van der Waals surface area contributed by atoms with Gasteiger partial charge in [0.2, 0.25) is 5.82 Å². The van der Waals surface area contributed by atoms with Gasteiger partial charge in [-0.3, -0.25) is 4.79 Å². The number of hydrogen-bond acceptors (Lipinski definition) is 5.